The molecule has 0 aromatic rings. The van der Waals surface area contributed by atoms with E-state index in [2.05, 4.69) is 33.8 Å². The van der Waals surface area contributed by atoms with Crippen LogP contribution in [0.2, 0.25) is 0 Å². The second-order valence-corrected chi connectivity index (χ2v) is 15.6. The fourth-order valence-electron chi connectivity index (χ4n) is 10.6. The first-order valence-electron chi connectivity index (χ1n) is 15.1. The smallest absolute Gasteiger partial charge is 0.312 e. The fourth-order valence-corrected chi connectivity index (χ4v) is 10.6. The molecule has 5 aliphatic rings. The number of ketones is 2. The Morgan fingerprint density at radius 1 is 1.00 bits per heavy atom. The minimum Gasteiger partial charge on any atom is -0.469 e. The highest BCUT2D eigenvalue weighted by Gasteiger charge is 2.72. The summed E-state index contributed by atoms with van der Waals surface area (Å²) in [5.74, 6) is -1.72. The molecule has 0 N–H and O–H groups in total. The van der Waals surface area contributed by atoms with Crippen molar-refractivity contribution in [3.63, 3.8) is 0 Å². The predicted octanol–water partition coefficient (Wildman–Crippen LogP) is 5.45. The van der Waals surface area contributed by atoms with Crippen LogP contribution >= 0.6 is 0 Å². The highest BCUT2D eigenvalue weighted by atomic mass is 16.5. The Labute approximate surface area is 244 Å². The molecule has 3 saturated carbocycles. The van der Waals surface area contributed by atoms with Crippen molar-refractivity contribution in [2.24, 2.45) is 50.2 Å². The van der Waals surface area contributed by atoms with Crippen molar-refractivity contribution in [1.82, 2.24) is 4.90 Å². The van der Waals surface area contributed by atoms with Crippen LogP contribution in [0.1, 0.15) is 86.5 Å². The third kappa shape index (κ3) is 3.55. The number of carbonyl (C=O) groups excluding carboxylic acids is 4. The molecule has 0 radical (unpaired) electrons. The lowest BCUT2D eigenvalue weighted by Gasteiger charge is -2.68. The van der Waals surface area contributed by atoms with Gasteiger partial charge >= 0.3 is 5.97 Å². The number of methoxy groups -OCH3 is 1. The van der Waals surface area contributed by atoms with Crippen LogP contribution in [0.25, 0.3) is 0 Å². The van der Waals surface area contributed by atoms with E-state index in [0.717, 1.165) is 31.3 Å². The van der Waals surface area contributed by atoms with E-state index in [1.165, 1.54) is 12.0 Å². The molecule has 8 atom stereocenters. The lowest BCUT2D eigenvalue weighted by atomic mass is 9.34. The van der Waals surface area contributed by atoms with Crippen LogP contribution < -0.4 is 0 Å². The number of fused-ring (bicyclic) bond motifs is 7. The van der Waals surface area contributed by atoms with Crippen LogP contribution in [0.15, 0.2) is 23.3 Å². The van der Waals surface area contributed by atoms with E-state index in [1.807, 2.05) is 6.92 Å². The minimum atomic E-state index is -1.40. The van der Waals surface area contributed by atoms with Gasteiger partial charge in [-0.3, -0.25) is 19.2 Å². The Hall–Kier alpha value is -2.75. The summed E-state index contributed by atoms with van der Waals surface area (Å²) in [5.41, 5.74) is -2.79. The average molecular weight is 563 g/mol. The molecule has 3 fully saturated rings. The molecule has 5 aliphatic carbocycles. The van der Waals surface area contributed by atoms with Crippen LogP contribution in [0, 0.1) is 61.6 Å². The molecular weight excluding hydrogens is 516 g/mol. The second kappa shape index (κ2) is 8.88. The predicted molar refractivity (Wildman–Crippen MR) is 154 cm³/mol. The van der Waals surface area contributed by atoms with Gasteiger partial charge in [0.05, 0.1) is 18.1 Å². The van der Waals surface area contributed by atoms with Crippen LogP contribution in [0.3, 0.4) is 0 Å². The van der Waals surface area contributed by atoms with Crippen molar-refractivity contribution in [1.29, 1.82) is 5.26 Å². The van der Waals surface area contributed by atoms with Gasteiger partial charge in [0.1, 0.15) is 11.5 Å². The summed E-state index contributed by atoms with van der Waals surface area (Å²) in [6.07, 6.45) is 8.73. The van der Waals surface area contributed by atoms with Crippen LogP contribution in [0.4, 0.5) is 0 Å². The molecule has 0 saturated heterocycles. The van der Waals surface area contributed by atoms with Gasteiger partial charge in [0.2, 0.25) is 5.91 Å². The van der Waals surface area contributed by atoms with Gasteiger partial charge in [-0.1, -0.05) is 46.3 Å². The zero-order valence-electron chi connectivity index (χ0n) is 26.3. The zero-order chi connectivity index (χ0) is 30.6. The SMILES string of the molecule is COC(=O)[C@]12CCC(C)(C)CC1C1C(=O)C=C3[C@@]4(C)C=C(C#N)C(=O)[C@@](C)(C(=O)N(C)C)[C@@H]4CC[C@@]3(C)[C@]1(C)CC2. The summed E-state index contributed by atoms with van der Waals surface area (Å²) < 4.78 is 5.41. The van der Waals surface area contributed by atoms with Gasteiger partial charge in [0, 0.05) is 25.4 Å². The van der Waals surface area contributed by atoms with Crippen molar-refractivity contribution in [3.8, 4) is 6.07 Å². The van der Waals surface area contributed by atoms with Crippen LogP contribution in [-0.4, -0.2) is 49.5 Å². The van der Waals surface area contributed by atoms with E-state index in [4.69, 9.17) is 4.74 Å². The molecule has 222 valence electrons. The Kier molecular flexibility index (Phi) is 6.44. The summed E-state index contributed by atoms with van der Waals surface area (Å²) in [5, 5.41) is 10.1. The Morgan fingerprint density at radius 2 is 1.63 bits per heavy atom. The van der Waals surface area contributed by atoms with Gasteiger partial charge in [-0.05, 0) is 86.0 Å². The molecular formula is C34H46N2O5. The maximum Gasteiger partial charge on any atom is 0.312 e. The van der Waals surface area contributed by atoms with Crippen molar-refractivity contribution in [2.75, 3.05) is 21.2 Å². The van der Waals surface area contributed by atoms with Gasteiger partial charge in [0.15, 0.2) is 11.6 Å². The largest absolute Gasteiger partial charge is 0.469 e. The van der Waals surface area contributed by atoms with Gasteiger partial charge in [-0.2, -0.15) is 5.26 Å². The van der Waals surface area contributed by atoms with E-state index in [-0.39, 0.29) is 46.4 Å². The topological polar surface area (TPSA) is 105 Å². The molecule has 1 amide bonds. The minimum absolute atomic E-state index is 0.00583. The van der Waals surface area contributed by atoms with E-state index < -0.39 is 32.9 Å². The number of ether oxygens (including phenoxy) is 1. The standard InChI is InChI=1S/C34H46N2O5/c1-29(2)12-14-34(28(40)41-9)15-13-32(5)25(21(34)18-29)22(37)16-24-30(3)17-20(19-35)26(38)33(6,27(39)36(7)8)23(30)10-11-31(24,32)4/h16-17,21,23,25H,10-15,18H2,1-9H3/t21?,23-,25?,30+,31-,32-,33+,34+/m1/s1. The van der Waals surface area contributed by atoms with E-state index in [1.54, 1.807) is 33.2 Å². The third-order valence-corrected chi connectivity index (χ3v) is 13.0. The summed E-state index contributed by atoms with van der Waals surface area (Å²) >= 11 is 0. The van der Waals surface area contributed by atoms with Crippen molar-refractivity contribution in [2.45, 2.75) is 86.5 Å². The van der Waals surface area contributed by atoms with Gasteiger partial charge in [0.25, 0.3) is 0 Å². The number of allylic oxidation sites excluding steroid dienone is 4. The highest BCUT2D eigenvalue weighted by Crippen LogP contribution is 2.74. The van der Waals surface area contributed by atoms with Crippen molar-refractivity contribution >= 4 is 23.4 Å². The maximum atomic E-state index is 14.5. The number of Topliss-reactive ketones (excluding diaryl/α,β-unsaturated/α-hetero) is 1. The second-order valence-electron chi connectivity index (χ2n) is 15.6. The molecule has 41 heavy (non-hydrogen) atoms. The molecule has 7 nitrogen and oxygen atoms in total. The van der Waals surface area contributed by atoms with Crippen LogP contribution in [-0.2, 0) is 23.9 Å². The fraction of sp³-hybridized carbons (Fsp3) is 0.735. The van der Waals surface area contributed by atoms with Crippen LogP contribution in [0.5, 0.6) is 0 Å². The lowest BCUT2D eigenvalue weighted by Crippen LogP contribution is -2.66. The molecule has 0 aromatic heterocycles. The number of hydrogen-bond acceptors (Lipinski definition) is 6. The van der Waals surface area contributed by atoms with E-state index in [9.17, 15) is 24.4 Å². The molecule has 0 heterocycles. The lowest BCUT2D eigenvalue weighted by molar-refractivity contribution is -0.191. The van der Waals surface area contributed by atoms with Gasteiger partial charge in [-0.15, -0.1) is 0 Å². The molecule has 2 unspecified atom stereocenters. The molecule has 7 heteroatoms. The van der Waals surface area contributed by atoms with Crippen molar-refractivity contribution in [3.05, 3.63) is 23.3 Å². The van der Waals surface area contributed by atoms with E-state index >= 15 is 0 Å². The van der Waals surface area contributed by atoms with Crippen molar-refractivity contribution < 1.29 is 23.9 Å². The monoisotopic (exact) mass is 562 g/mol. The maximum absolute atomic E-state index is 14.5. The normalized spacial score (nSPS) is 44.5. The molecule has 0 aromatic carbocycles. The number of hydrogen-bond donors (Lipinski definition) is 0. The average Bonchev–Trinajstić information content (AvgIpc) is 2.90. The molecule has 0 spiro atoms. The summed E-state index contributed by atoms with van der Waals surface area (Å²) in [6.45, 7) is 12.7. The molecule has 0 bridgehead atoms. The number of nitriles is 1. The summed E-state index contributed by atoms with van der Waals surface area (Å²) in [4.78, 5) is 56.8. The molecule has 5 rings (SSSR count). The first-order chi connectivity index (χ1) is 18.9. The summed E-state index contributed by atoms with van der Waals surface area (Å²) in [7, 11) is 4.75. The first-order valence-corrected chi connectivity index (χ1v) is 15.1. The highest BCUT2D eigenvalue weighted by molar-refractivity contribution is 6.16. The first kappa shape index (κ1) is 29.7. The Balaban J connectivity index is 1.71. The molecule has 0 aliphatic heterocycles. The van der Waals surface area contributed by atoms with E-state index in [0.29, 0.717) is 19.3 Å². The number of amides is 1. The Bertz CT molecular complexity index is 1350. The van der Waals surface area contributed by atoms with Gasteiger partial charge in [-0.25, -0.2) is 0 Å². The number of nitrogens with zero attached hydrogens (tertiary/aromatic N) is 2. The van der Waals surface area contributed by atoms with Gasteiger partial charge < -0.3 is 9.64 Å². The number of esters is 1. The third-order valence-electron chi connectivity index (χ3n) is 13.0. The number of rotatable bonds is 2. The quantitative estimate of drug-likeness (QED) is 0.328. The number of carbonyl (C=O) groups is 4. The summed E-state index contributed by atoms with van der Waals surface area (Å²) in [6, 6.07) is 2.09. The zero-order valence-corrected chi connectivity index (χ0v) is 26.3. The Morgan fingerprint density at radius 3 is 2.22 bits per heavy atom.